The van der Waals surface area contributed by atoms with Crippen LogP contribution in [0.1, 0.15) is 0 Å². The number of fused-ring (bicyclic) bond motifs is 2. The summed E-state index contributed by atoms with van der Waals surface area (Å²) in [6.45, 7) is 3.13. The molecule has 1 fully saturated rings. The number of imidazole rings is 1. The molecule has 0 radical (unpaired) electrons. The van der Waals surface area contributed by atoms with Crippen molar-refractivity contribution in [1.29, 1.82) is 0 Å². The number of aromatic hydroxyl groups is 1. The van der Waals surface area contributed by atoms with Gasteiger partial charge in [-0.25, -0.2) is 4.98 Å². The van der Waals surface area contributed by atoms with Gasteiger partial charge in [-0.15, -0.1) is 20.6 Å². The van der Waals surface area contributed by atoms with Gasteiger partial charge in [-0.2, -0.15) is 0 Å². The van der Waals surface area contributed by atoms with Gasteiger partial charge in [-0.3, -0.25) is 4.79 Å². The second-order valence-corrected chi connectivity index (χ2v) is 7.94. The molecule has 3 aromatic heterocycles. The average Bonchev–Trinajstić information content (AvgIpc) is 3.35. The summed E-state index contributed by atoms with van der Waals surface area (Å²) in [5.74, 6) is 0.372. The first-order valence-corrected chi connectivity index (χ1v) is 10.7. The topological polar surface area (TPSA) is 83.4 Å². The molecule has 4 heterocycles. The van der Waals surface area contributed by atoms with Crippen LogP contribution in [0.4, 0.5) is 5.69 Å². The summed E-state index contributed by atoms with van der Waals surface area (Å²) >= 11 is 1.41. The summed E-state index contributed by atoms with van der Waals surface area (Å²) in [5, 5.41) is 12.7. The van der Waals surface area contributed by atoms with Crippen LogP contribution in [0.15, 0.2) is 34.4 Å². The van der Waals surface area contributed by atoms with Crippen molar-refractivity contribution in [2.24, 2.45) is 0 Å². The molecule has 0 spiro atoms. The zero-order valence-corrected chi connectivity index (χ0v) is 17.0. The Morgan fingerprint density at radius 3 is 2.89 bits per heavy atom. The van der Waals surface area contributed by atoms with E-state index < -0.39 is 0 Å². The second kappa shape index (κ2) is 6.88. The van der Waals surface area contributed by atoms with Crippen molar-refractivity contribution in [2.75, 3.05) is 31.2 Å². The van der Waals surface area contributed by atoms with Crippen LogP contribution in [0.2, 0.25) is 0 Å². The van der Waals surface area contributed by atoms with E-state index in [1.165, 1.54) is 11.3 Å². The molecule has 2 N–H and O–H groups in total. The standard InChI is InChI=1S/C19H19N4O3PS/c24-16-15(19(25)23(10-27)14-3-8-28-17(14)16)18-20-12-2-1-11(9-13(12)21-18)22-4-6-26-7-5-22/h1-3,8-9,24H,4-7,10,27H2,(H,20,21). The molecule has 0 bridgehead atoms. The van der Waals surface area contributed by atoms with Crippen LogP contribution in [0, 0.1) is 0 Å². The normalized spacial score (nSPS) is 15.0. The summed E-state index contributed by atoms with van der Waals surface area (Å²) in [4.78, 5) is 23.1. The number of nitrogens with zero attached hydrogens (tertiary/aromatic N) is 3. The van der Waals surface area contributed by atoms with E-state index in [1.54, 1.807) is 4.57 Å². The Morgan fingerprint density at radius 1 is 1.29 bits per heavy atom. The molecule has 144 valence electrons. The lowest BCUT2D eigenvalue weighted by Gasteiger charge is -2.28. The molecule has 1 aromatic carbocycles. The van der Waals surface area contributed by atoms with Gasteiger partial charge in [0, 0.05) is 25.1 Å². The number of ether oxygens (including phenoxy) is 1. The Hall–Kier alpha value is -2.41. The van der Waals surface area contributed by atoms with Crippen LogP contribution in [-0.4, -0.2) is 45.9 Å². The van der Waals surface area contributed by atoms with Gasteiger partial charge in [-0.1, -0.05) is 0 Å². The third-order valence-corrected chi connectivity index (χ3v) is 6.38. The van der Waals surface area contributed by atoms with Crippen molar-refractivity contribution in [3.05, 3.63) is 40.0 Å². The number of aromatic nitrogens is 3. The number of nitrogens with one attached hydrogen (secondary N) is 1. The summed E-state index contributed by atoms with van der Waals surface area (Å²) < 4.78 is 7.74. The van der Waals surface area contributed by atoms with Crippen LogP contribution < -0.4 is 10.5 Å². The van der Waals surface area contributed by atoms with Gasteiger partial charge in [0.2, 0.25) is 0 Å². The highest BCUT2D eigenvalue weighted by atomic mass is 32.1. The molecule has 1 saturated heterocycles. The minimum Gasteiger partial charge on any atom is -0.505 e. The minimum atomic E-state index is -0.258. The number of hydrogen-bond donors (Lipinski definition) is 2. The van der Waals surface area contributed by atoms with Crippen LogP contribution >= 0.6 is 20.6 Å². The largest absolute Gasteiger partial charge is 0.505 e. The lowest BCUT2D eigenvalue weighted by molar-refractivity contribution is 0.122. The van der Waals surface area contributed by atoms with E-state index in [4.69, 9.17) is 4.74 Å². The smallest absolute Gasteiger partial charge is 0.266 e. The van der Waals surface area contributed by atoms with Gasteiger partial charge in [-0.05, 0) is 29.6 Å². The molecule has 1 unspecified atom stereocenters. The van der Waals surface area contributed by atoms with Crippen molar-refractivity contribution >= 4 is 47.5 Å². The molecule has 5 rings (SSSR count). The first kappa shape index (κ1) is 17.7. The summed E-state index contributed by atoms with van der Waals surface area (Å²) in [6.07, 6.45) is 0.445. The maximum atomic E-state index is 13.0. The summed E-state index contributed by atoms with van der Waals surface area (Å²) in [6, 6.07) is 7.85. The monoisotopic (exact) mass is 414 g/mol. The Morgan fingerprint density at radius 2 is 2.11 bits per heavy atom. The summed E-state index contributed by atoms with van der Waals surface area (Å²) in [5.41, 5.74) is 3.37. The van der Waals surface area contributed by atoms with Crippen molar-refractivity contribution in [3.63, 3.8) is 0 Å². The maximum absolute atomic E-state index is 13.0. The maximum Gasteiger partial charge on any atom is 0.266 e. The van der Waals surface area contributed by atoms with E-state index in [0.717, 1.165) is 48.5 Å². The molecular weight excluding hydrogens is 395 g/mol. The van der Waals surface area contributed by atoms with Crippen molar-refractivity contribution in [3.8, 4) is 17.1 Å². The Balaban J connectivity index is 1.66. The van der Waals surface area contributed by atoms with E-state index in [2.05, 4.69) is 24.1 Å². The Labute approximate surface area is 166 Å². The third-order valence-electron chi connectivity index (χ3n) is 5.11. The third kappa shape index (κ3) is 2.71. The van der Waals surface area contributed by atoms with E-state index >= 15 is 0 Å². The number of morpholine rings is 1. The summed E-state index contributed by atoms with van der Waals surface area (Å²) in [7, 11) is 2.57. The molecule has 0 amide bonds. The van der Waals surface area contributed by atoms with Gasteiger partial charge in [0.15, 0.2) is 5.75 Å². The highest BCUT2D eigenvalue weighted by Crippen LogP contribution is 2.36. The average molecular weight is 414 g/mol. The fourth-order valence-electron chi connectivity index (χ4n) is 3.68. The van der Waals surface area contributed by atoms with Crippen molar-refractivity contribution in [1.82, 2.24) is 14.5 Å². The molecule has 7 nitrogen and oxygen atoms in total. The van der Waals surface area contributed by atoms with Crippen LogP contribution in [0.25, 0.3) is 32.6 Å². The molecular formula is C19H19N4O3PS. The number of thiophene rings is 1. The zero-order valence-electron chi connectivity index (χ0n) is 15.0. The quantitative estimate of drug-likeness (QED) is 0.504. The first-order chi connectivity index (χ1) is 13.7. The number of rotatable bonds is 3. The fraction of sp³-hybridized carbons (Fsp3) is 0.263. The zero-order chi connectivity index (χ0) is 19.3. The van der Waals surface area contributed by atoms with Crippen molar-refractivity contribution in [2.45, 2.75) is 6.29 Å². The molecule has 0 saturated carbocycles. The molecule has 0 aliphatic carbocycles. The number of H-pyrrole nitrogens is 1. The Kier molecular flexibility index (Phi) is 4.34. The fourth-order valence-corrected chi connectivity index (χ4v) is 4.89. The number of aromatic amines is 1. The second-order valence-electron chi connectivity index (χ2n) is 6.66. The highest BCUT2D eigenvalue weighted by molar-refractivity contribution is 7.17. The number of benzene rings is 1. The number of hydrogen-bond acceptors (Lipinski definition) is 6. The number of anilines is 1. The molecule has 4 aromatic rings. The molecule has 1 atom stereocenters. The highest BCUT2D eigenvalue weighted by Gasteiger charge is 2.21. The van der Waals surface area contributed by atoms with Crippen LogP contribution in [0.3, 0.4) is 0 Å². The first-order valence-electron chi connectivity index (χ1n) is 9.03. The van der Waals surface area contributed by atoms with Crippen LogP contribution in [0.5, 0.6) is 5.75 Å². The number of pyridine rings is 1. The minimum absolute atomic E-state index is 0.0165. The van der Waals surface area contributed by atoms with Crippen LogP contribution in [-0.2, 0) is 11.0 Å². The van der Waals surface area contributed by atoms with Gasteiger partial charge in [0.1, 0.15) is 11.4 Å². The molecule has 1 aliphatic heterocycles. The van der Waals surface area contributed by atoms with Gasteiger partial charge in [0.05, 0.1) is 34.5 Å². The van der Waals surface area contributed by atoms with Gasteiger partial charge >= 0.3 is 0 Å². The lowest BCUT2D eigenvalue weighted by atomic mass is 10.2. The van der Waals surface area contributed by atoms with Crippen molar-refractivity contribution < 1.29 is 9.84 Å². The van der Waals surface area contributed by atoms with E-state index in [1.807, 2.05) is 29.6 Å². The van der Waals surface area contributed by atoms with E-state index in [9.17, 15) is 9.90 Å². The molecule has 1 aliphatic rings. The van der Waals surface area contributed by atoms with Gasteiger partial charge < -0.3 is 24.3 Å². The predicted octanol–water partition coefficient (Wildman–Crippen LogP) is 2.98. The lowest BCUT2D eigenvalue weighted by Crippen LogP contribution is -2.36. The SMILES string of the molecule is O=c1c(-c2nc3ccc(N4CCOCC4)cc3[nH]2)c(O)c2sccc2n1CP. The van der Waals surface area contributed by atoms with E-state index in [0.29, 0.717) is 16.8 Å². The molecule has 28 heavy (non-hydrogen) atoms. The van der Waals surface area contributed by atoms with Gasteiger partial charge in [0.25, 0.3) is 5.56 Å². The predicted molar refractivity (Wildman–Crippen MR) is 116 cm³/mol. The van der Waals surface area contributed by atoms with E-state index in [-0.39, 0.29) is 16.9 Å². The Bertz CT molecular complexity index is 1240. The molecule has 9 heteroatoms.